The van der Waals surface area contributed by atoms with Crippen LogP contribution in [0.25, 0.3) is 0 Å². The van der Waals surface area contributed by atoms with E-state index < -0.39 is 0 Å². The first kappa shape index (κ1) is 13.9. The molecule has 3 heteroatoms. The summed E-state index contributed by atoms with van der Waals surface area (Å²) in [5.74, 6) is 2.03. The summed E-state index contributed by atoms with van der Waals surface area (Å²) < 4.78 is 2.35. The summed E-state index contributed by atoms with van der Waals surface area (Å²) in [5, 5.41) is 3.76. The van der Waals surface area contributed by atoms with Crippen molar-refractivity contribution in [2.75, 3.05) is 5.32 Å². The van der Waals surface area contributed by atoms with Crippen molar-refractivity contribution in [3.8, 4) is 0 Å². The summed E-state index contributed by atoms with van der Waals surface area (Å²) in [7, 11) is 0. The minimum atomic E-state index is 0.648. The molecule has 1 N–H and O–H groups in total. The Morgan fingerprint density at radius 3 is 2.32 bits per heavy atom. The van der Waals surface area contributed by atoms with Crippen molar-refractivity contribution in [3.63, 3.8) is 0 Å². The van der Waals surface area contributed by atoms with Gasteiger partial charge in [0, 0.05) is 15.0 Å². The topological polar surface area (TPSA) is 12.0 Å². The predicted molar refractivity (Wildman–Crippen MR) is 88.7 cm³/mol. The van der Waals surface area contributed by atoms with Crippen LogP contribution >= 0.6 is 31.9 Å². The molecule has 0 aliphatic heterocycles. The Morgan fingerprint density at radius 1 is 1.00 bits per heavy atom. The number of hydrogen-bond donors (Lipinski definition) is 1. The number of hydrogen-bond acceptors (Lipinski definition) is 1. The summed E-state index contributed by atoms with van der Waals surface area (Å²) in [6.07, 6.45) is 8.48. The van der Waals surface area contributed by atoms with E-state index in [1.807, 2.05) is 0 Å². The lowest BCUT2D eigenvalue weighted by atomic mass is 9.82. The van der Waals surface area contributed by atoms with Crippen LogP contribution in [0.3, 0.4) is 0 Å². The highest BCUT2D eigenvalue weighted by Crippen LogP contribution is 2.45. The molecule has 2 aliphatic carbocycles. The maximum Gasteiger partial charge on any atom is 0.0631 e. The molecule has 2 aliphatic rings. The molecular weight excluding hydrogens is 366 g/mol. The number of anilines is 1. The van der Waals surface area contributed by atoms with E-state index in [9.17, 15) is 0 Å². The third-order valence-corrected chi connectivity index (χ3v) is 5.79. The SMILES string of the molecule is Cc1cc(Br)c(NC2CCCC(C3CC3)C2)c(Br)c1. The van der Waals surface area contributed by atoms with Crippen LogP contribution in [-0.2, 0) is 0 Å². The van der Waals surface area contributed by atoms with Gasteiger partial charge in [0.2, 0.25) is 0 Å². The molecule has 3 rings (SSSR count). The molecule has 0 spiro atoms. The third kappa shape index (κ3) is 3.36. The summed E-state index contributed by atoms with van der Waals surface area (Å²) in [6, 6.07) is 5.03. The molecule has 2 saturated carbocycles. The smallest absolute Gasteiger partial charge is 0.0631 e. The molecule has 0 bridgehead atoms. The van der Waals surface area contributed by atoms with Crippen LogP contribution in [0.2, 0.25) is 0 Å². The second-order valence-electron chi connectivity index (χ2n) is 6.21. The van der Waals surface area contributed by atoms with Crippen molar-refractivity contribution in [1.29, 1.82) is 0 Å². The molecule has 19 heavy (non-hydrogen) atoms. The Kier molecular flexibility index (Phi) is 4.23. The van der Waals surface area contributed by atoms with Gasteiger partial charge in [-0.05, 0) is 94.0 Å². The van der Waals surface area contributed by atoms with Gasteiger partial charge in [-0.25, -0.2) is 0 Å². The van der Waals surface area contributed by atoms with Crippen LogP contribution in [-0.4, -0.2) is 6.04 Å². The normalized spacial score (nSPS) is 27.3. The second-order valence-corrected chi connectivity index (χ2v) is 7.92. The molecular formula is C16H21Br2N. The van der Waals surface area contributed by atoms with E-state index in [0.29, 0.717) is 6.04 Å². The predicted octanol–water partition coefficient (Wildman–Crippen LogP) is 5.90. The Morgan fingerprint density at radius 2 is 1.68 bits per heavy atom. The van der Waals surface area contributed by atoms with Gasteiger partial charge in [0.25, 0.3) is 0 Å². The van der Waals surface area contributed by atoms with Gasteiger partial charge in [0.1, 0.15) is 0 Å². The van der Waals surface area contributed by atoms with E-state index >= 15 is 0 Å². The number of aryl methyl sites for hydroxylation is 1. The molecule has 1 aromatic carbocycles. The number of nitrogens with one attached hydrogen (secondary N) is 1. The number of rotatable bonds is 3. The first-order valence-electron chi connectivity index (χ1n) is 7.35. The molecule has 1 nitrogen and oxygen atoms in total. The van der Waals surface area contributed by atoms with E-state index in [-0.39, 0.29) is 0 Å². The lowest BCUT2D eigenvalue weighted by molar-refractivity contribution is 0.303. The van der Waals surface area contributed by atoms with Crippen molar-refractivity contribution in [1.82, 2.24) is 0 Å². The summed E-state index contributed by atoms with van der Waals surface area (Å²) in [5.41, 5.74) is 2.51. The van der Waals surface area contributed by atoms with Gasteiger partial charge < -0.3 is 5.32 Å². The molecule has 1 aromatic rings. The van der Waals surface area contributed by atoms with Crippen molar-refractivity contribution in [3.05, 3.63) is 26.6 Å². The van der Waals surface area contributed by atoms with Gasteiger partial charge in [-0.3, -0.25) is 0 Å². The highest BCUT2D eigenvalue weighted by atomic mass is 79.9. The zero-order chi connectivity index (χ0) is 13.4. The standard InChI is InChI=1S/C16H21Br2N/c1-10-7-14(17)16(15(18)8-10)19-13-4-2-3-12(9-13)11-5-6-11/h7-8,11-13,19H,2-6,9H2,1H3. The number of benzene rings is 1. The van der Waals surface area contributed by atoms with Crippen LogP contribution in [0.5, 0.6) is 0 Å². The molecule has 2 unspecified atom stereocenters. The van der Waals surface area contributed by atoms with E-state index in [1.165, 1.54) is 58.7 Å². The molecule has 104 valence electrons. The third-order valence-electron chi connectivity index (χ3n) is 4.54. The quantitative estimate of drug-likeness (QED) is 0.681. The fraction of sp³-hybridized carbons (Fsp3) is 0.625. The minimum absolute atomic E-state index is 0.648. The first-order chi connectivity index (χ1) is 9.13. The van der Waals surface area contributed by atoms with Crippen LogP contribution < -0.4 is 5.32 Å². The zero-order valence-corrected chi connectivity index (χ0v) is 14.6. The van der Waals surface area contributed by atoms with Crippen LogP contribution in [0.15, 0.2) is 21.1 Å². The van der Waals surface area contributed by atoms with Gasteiger partial charge >= 0.3 is 0 Å². The van der Waals surface area contributed by atoms with Gasteiger partial charge in [-0.15, -0.1) is 0 Å². The van der Waals surface area contributed by atoms with E-state index in [4.69, 9.17) is 0 Å². The van der Waals surface area contributed by atoms with Crippen molar-refractivity contribution in [2.45, 2.75) is 51.5 Å². The molecule has 0 aromatic heterocycles. The monoisotopic (exact) mass is 385 g/mol. The average molecular weight is 387 g/mol. The Labute approximate surface area is 132 Å². The minimum Gasteiger partial charge on any atom is -0.380 e. The highest BCUT2D eigenvalue weighted by molar-refractivity contribution is 9.11. The Balaban J connectivity index is 1.70. The fourth-order valence-corrected chi connectivity index (χ4v) is 5.04. The van der Waals surface area contributed by atoms with Crippen molar-refractivity contribution >= 4 is 37.5 Å². The molecule has 2 atom stereocenters. The number of halogens is 2. The second kappa shape index (κ2) is 5.77. The average Bonchev–Trinajstić information content (AvgIpc) is 3.18. The fourth-order valence-electron chi connectivity index (χ4n) is 3.40. The van der Waals surface area contributed by atoms with Crippen LogP contribution in [0.4, 0.5) is 5.69 Å². The maximum absolute atomic E-state index is 3.76. The van der Waals surface area contributed by atoms with Crippen molar-refractivity contribution < 1.29 is 0 Å². The largest absolute Gasteiger partial charge is 0.380 e. The summed E-state index contributed by atoms with van der Waals surface area (Å²) in [4.78, 5) is 0. The maximum atomic E-state index is 3.76. The molecule has 0 amide bonds. The Hall–Kier alpha value is -0.0200. The molecule has 0 saturated heterocycles. The van der Waals surface area contributed by atoms with Gasteiger partial charge in [-0.2, -0.15) is 0 Å². The zero-order valence-electron chi connectivity index (χ0n) is 11.4. The summed E-state index contributed by atoms with van der Waals surface area (Å²) >= 11 is 7.38. The lowest BCUT2D eigenvalue weighted by Gasteiger charge is -2.31. The van der Waals surface area contributed by atoms with Crippen molar-refractivity contribution in [2.24, 2.45) is 11.8 Å². The van der Waals surface area contributed by atoms with Crippen LogP contribution in [0, 0.1) is 18.8 Å². The van der Waals surface area contributed by atoms with E-state index in [0.717, 1.165) is 11.8 Å². The molecule has 2 fully saturated rings. The van der Waals surface area contributed by atoms with Gasteiger partial charge in [0.05, 0.1) is 5.69 Å². The molecule has 0 radical (unpaired) electrons. The van der Waals surface area contributed by atoms with E-state index in [1.54, 1.807) is 0 Å². The Bertz CT molecular complexity index is 445. The first-order valence-corrected chi connectivity index (χ1v) is 8.94. The van der Waals surface area contributed by atoms with Gasteiger partial charge in [-0.1, -0.05) is 12.8 Å². The van der Waals surface area contributed by atoms with E-state index in [2.05, 4.69) is 56.2 Å². The van der Waals surface area contributed by atoms with Crippen LogP contribution in [0.1, 0.15) is 44.1 Å². The summed E-state index contributed by atoms with van der Waals surface area (Å²) in [6.45, 7) is 2.13. The highest BCUT2D eigenvalue weighted by Gasteiger charge is 2.34. The van der Waals surface area contributed by atoms with Gasteiger partial charge in [0.15, 0.2) is 0 Å². The molecule has 0 heterocycles. The lowest BCUT2D eigenvalue weighted by Crippen LogP contribution is -2.28.